The van der Waals surface area contributed by atoms with Crippen molar-refractivity contribution in [3.8, 4) is 16.9 Å². The molecule has 1 aliphatic rings. The third kappa shape index (κ3) is 4.71. The van der Waals surface area contributed by atoms with E-state index in [-0.39, 0.29) is 17.7 Å². The number of hydrogen-bond donors (Lipinski definition) is 1. The molecule has 0 bridgehead atoms. The highest BCUT2D eigenvalue weighted by Gasteiger charge is 2.33. The van der Waals surface area contributed by atoms with Crippen LogP contribution >= 0.6 is 0 Å². The number of benzene rings is 2. The van der Waals surface area contributed by atoms with Gasteiger partial charge in [0.25, 0.3) is 0 Å². The summed E-state index contributed by atoms with van der Waals surface area (Å²) >= 11 is 0. The van der Waals surface area contributed by atoms with E-state index in [4.69, 9.17) is 4.74 Å². The number of hydrogen-bond acceptors (Lipinski definition) is 3. The number of nitrogens with zero attached hydrogens (tertiary/aromatic N) is 1. The van der Waals surface area contributed by atoms with Crippen LogP contribution in [0, 0.1) is 5.92 Å². The Kier molecular flexibility index (Phi) is 6.34. The molecule has 1 aliphatic heterocycles. The Labute approximate surface area is 166 Å². The van der Waals surface area contributed by atoms with Crippen LogP contribution in [0.5, 0.6) is 5.75 Å². The number of nitrogens with one attached hydrogen (secondary N) is 1. The first kappa shape index (κ1) is 19.9. The summed E-state index contributed by atoms with van der Waals surface area (Å²) in [5, 5.41) is 2.90. The maximum Gasteiger partial charge on any atom is 0.243 e. The number of piperazine rings is 1. The van der Waals surface area contributed by atoms with Crippen LogP contribution in [0.25, 0.3) is 11.1 Å². The fourth-order valence-electron chi connectivity index (χ4n) is 3.57. The van der Waals surface area contributed by atoms with Gasteiger partial charge in [-0.05, 0) is 34.7 Å². The van der Waals surface area contributed by atoms with Crippen molar-refractivity contribution in [3.63, 3.8) is 0 Å². The maximum absolute atomic E-state index is 12.6. The van der Waals surface area contributed by atoms with E-state index in [9.17, 15) is 9.59 Å². The van der Waals surface area contributed by atoms with Crippen LogP contribution in [0.2, 0.25) is 0 Å². The molecule has 0 aliphatic carbocycles. The summed E-state index contributed by atoms with van der Waals surface area (Å²) in [6.45, 7) is 5.13. The van der Waals surface area contributed by atoms with Crippen molar-refractivity contribution in [1.29, 1.82) is 0 Å². The van der Waals surface area contributed by atoms with E-state index in [0.29, 0.717) is 25.9 Å². The molecule has 5 nitrogen and oxygen atoms in total. The van der Waals surface area contributed by atoms with Gasteiger partial charge in [0.1, 0.15) is 11.8 Å². The second-order valence-electron chi connectivity index (χ2n) is 7.62. The van der Waals surface area contributed by atoms with E-state index in [2.05, 4.69) is 11.4 Å². The van der Waals surface area contributed by atoms with Crippen LogP contribution in [-0.2, 0) is 16.0 Å². The van der Waals surface area contributed by atoms with Crippen LogP contribution in [0.1, 0.15) is 25.8 Å². The van der Waals surface area contributed by atoms with Gasteiger partial charge in [-0.2, -0.15) is 0 Å². The predicted octanol–water partition coefficient (Wildman–Crippen LogP) is 3.28. The van der Waals surface area contributed by atoms with Gasteiger partial charge >= 0.3 is 0 Å². The number of methoxy groups -OCH3 is 1. The Balaban J connectivity index is 1.80. The van der Waals surface area contributed by atoms with Gasteiger partial charge in [0.2, 0.25) is 11.8 Å². The first-order valence-corrected chi connectivity index (χ1v) is 9.78. The summed E-state index contributed by atoms with van der Waals surface area (Å²) < 4.78 is 5.22. The molecule has 1 saturated heterocycles. The molecule has 3 rings (SSSR count). The minimum atomic E-state index is -0.453. The van der Waals surface area contributed by atoms with Crippen molar-refractivity contribution >= 4 is 11.8 Å². The van der Waals surface area contributed by atoms with Gasteiger partial charge in [-0.25, -0.2) is 0 Å². The van der Waals surface area contributed by atoms with Crippen LogP contribution < -0.4 is 10.1 Å². The summed E-state index contributed by atoms with van der Waals surface area (Å²) in [5.74, 6) is 1.08. The second-order valence-corrected chi connectivity index (χ2v) is 7.62. The van der Waals surface area contributed by atoms with Crippen molar-refractivity contribution in [1.82, 2.24) is 10.2 Å². The molecule has 1 atom stereocenters. The van der Waals surface area contributed by atoms with E-state index in [1.54, 1.807) is 12.0 Å². The molecule has 28 heavy (non-hydrogen) atoms. The highest BCUT2D eigenvalue weighted by Crippen LogP contribution is 2.24. The Hall–Kier alpha value is -2.82. The molecule has 2 amide bonds. The standard InChI is InChI=1S/C23H28N2O3/c1-16(2)13-22(26)25-12-11-24-23(27)21(25)15-17-5-4-6-19(14-17)18-7-9-20(28-3)10-8-18/h4-10,14,16,21H,11-13,15H2,1-3H3,(H,24,27)/t21-/m1/s1. The lowest BCUT2D eigenvalue weighted by atomic mass is 9.97. The number of rotatable bonds is 6. The van der Waals surface area contributed by atoms with Gasteiger partial charge in [-0.3, -0.25) is 9.59 Å². The monoisotopic (exact) mass is 380 g/mol. The van der Waals surface area contributed by atoms with Gasteiger partial charge in [0.05, 0.1) is 7.11 Å². The minimum Gasteiger partial charge on any atom is -0.497 e. The average Bonchev–Trinajstić information content (AvgIpc) is 2.69. The number of carbonyl (C=O) groups is 2. The third-order valence-corrected chi connectivity index (χ3v) is 5.01. The molecule has 1 fully saturated rings. The lowest BCUT2D eigenvalue weighted by Gasteiger charge is -2.35. The lowest BCUT2D eigenvalue weighted by Crippen LogP contribution is -2.58. The van der Waals surface area contributed by atoms with Gasteiger partial charge in [0.15, 0.2) is 0 Å². The van der Waals surface area contributed by atoms with Gasteiger partial charge in [0, 0.05) is 25.9 Å². The van der Waals surface area contributed by atoms with E-state index < -0.39 is 6.04 Å². The molecule has 0 unspecified atom stereocenters. The van der Waals surface area contributed by atoms with Crippen molar-refractivity contribution in [2.75, 3.05) is 20.2 Å². The third-order valence-electron chi connectivity index (χ3n) is 5.01. The Morgan fingerprint density at radius 2 is 1.93 bits per heavy atom. The van der Waals surface area contributed by atoms with Crippen LogP contribution in [0.3, 0.4) is 0 Å². The summed E-state index contributed by atoms with van der Waals surface area (Å²) in [5.41, 5.74) is 3.21. The normalized spacial score (nSPS) is 16.8. The SMILES string of the molecule is COc1ccc(-c2cccc(C[C@@H]3C(=O)NCCN3C(=O)CC(C)C)c2)cc1. The zero-order valence-corrected chi connectivity index (χ0v) is 16.8. The molecule has 0 aromatic heterocycles. The van der Waals surface area contributed by atoms with E-state index in [0.717, 1.165) is 22.4 Å². The molecular formula is C23H28N2O3. The zero-order valence-electron chi connectivity index (χ0n) is 16.8. The van der Waals surface area contributed by atoms with Crippen molar-refractivity contribution in [3.05, 3.63) is 54.1 Å². The lowest BCUT2D eigenvalue weighted by molar-refractivity contribution is -0.143. The highest BCUT2D eigenvalue weighted by atomic mass is 16.5. The number of ether oxygens (including phenoxy) is 1. The van der Waals surface area contributed by atoms with Crippen LogP contribution in [-0.4, -0.2) is 43.0 Å². The molecule has 1 N–H and O–H groups in total. The summed E-state index contributed by atoms with van der Waals surface area (Å²) in [4.78, 5) is 26.9. The fraction of sp³-hybridized carbons (Fsp3) is 0.391. The Morgan fingerprint density at radius 3 is 2.61 bits per heavy atom. The molecule has 2 aromatic carbocycles. The number of carbonyl (C=O) groups excluding carboxylic acids is 2. The number of amides is 2. The minimum absolute atomic E-state index is 0.0566. The summed E-state index contributed by atoms with van der Waals surface area (Å²) in [6.07, 6.45) is 0.981. The van der Waals surface area contributed by atoms with Crippen LogP contribution in [0.15, 0.2) is 48.5 Å². The predicted molar refractivity (Wildman–Crippen MR) is 110 cm³/mol. The molecule has 0 radical (unpaired) electrons. The summed E-state index contributed by atoms with van der Waals surface area (Å²) in [6, 6.07) is 15.6. The molecule has 2 aromatic rings. The molecule has 148 valence electrons. The average molecular weight is 380 g/mol. The smallest absolute Gasteiger partial charge is 0.243 e. The maximum atomic E-state index is 12.6. The van der Waals surface area contributed by atoms with Crippen molar-refractivity contribution < 1.29 is 14.3 Å². The first-order chi connectivity index (χ1) is 13.5. The molecular weight excluding hydrogens is 352 g/mol. The largest absolute Gasteiger partial charge is 0.497 e. The van der Waals surface area contributed by atoms with Crippen molar-refractivity contribution in [2.45, 2.75) is 32.7 Å². The van der Waals surface area contributed by atoms with E-state index in [1.165, 1.54) is 0 Å². The second kappa shape index (κ2) is 8.91. The topological polar surface area (TPSA) is 58.6 Å². The molecule has 5 heteroatoms. The molecule has 0 saturated carbocycles. The quantitative estimate of drug-likeness (QED) is 0.837. The van der Waals surface area contributed by atoms with Gasteiger partial charge in [-0.1, -0.05) is 50.2 Å². The van der Waals surface area contributed by atoms with E-state index in [1.807, 2.05) is 56.3 Å². The molecule has 1 heterocycles. The first-order valence-electron chi connectivity index (χ1n) is 9.78. The fourth-order valence-corrected chi connectivity index (χ4v) is 3.57. The zero-order chi connectivity index (χ0) is 20.1. The van der Waals surface area contributed by atoms with Crippen molar-refractivity contribution in [2.24, 2.45) is 5.92 Å². The highest BCUT2D eigenvalue weighted by molar-refractivity contribution is 5.89. The van der Waals surface area contributed by atoms with E-state index >= 15 is 0 Å². The van der Waals surface area contributed by atoms with Crippen LogP contribution in [0.4, 0.5) is 0 Å². The van der Waals surface area contributed by atoms with Gasteiger partial charge in [-0.15, -0.1) is 0 Å². The molecule has 0 spiro atoms. The Morgan fingerprint density at radius 1 is 1.18 bits per heavy atom. The van der Waals surface area contributed by atoms with Gasteiger partial charge < -0.3 is 15.0 Å². The summed E-state index contributed by atoms with van der Waals surface area (Å²) in [7, 11) is 1.65. The Bertz CT molecular complexity index is 830.